The largest absolute Gasteiger partial charge is 0.573 e. The minimum Gasteiger partial charge on any atom is -0.406 e. The first-order chi connectivity index (χ1) is 9.03. The van der Waals surface area contributed by atoms with Crippen molar-refractivity contribution in [3.05, 3.63) is 47.8 Å². The van der Waals surface area contributed by atoms with Gasteiger partial charge in [-0.25, -0.2) is 0 Å². The van der Waals surface area contributed by atoms with Gasteiger partial charge in [-0.15, -0.1) is 13.2 Å². The summed E-state index contributed by atoms with van der Waals surface area (Å²) in [5.74, 6) is -0.214. The Morgan fingerprint density at radius 1 is 1.21 bits per heavy atom. The Morgan fingerprint density at radius 3 is 2.74 bits per heavy atom. The third-order valence-corrected chi connectivity index (χ3v) is 2.34. The molecule has 0 atom stereocenters. The molecule has 0 unspecified atom stereocenters. The van der Waals surface area contributed by atoms with E-state index in [1.807, 2.05) is 6.07 Å². The second-order valence-corrected chi connectivity index (χ2v) is 3.88. The first-order valence-electron chi connectivity index (χ1n) is 5.56. The summed E-state index contributed by atoms with van der Waals surface area (Å²) >= 11 is 0. The van der Waals surface area contributed by atoms with Crippen molar-refractivity contribution in [1.29, 1.82) is 0 Å². The molecule has 1 aromatic heterocycles. The number of alkyl halides is 3. The second-order valence-electron chi connectivity index (χ2n) is 3.88. The maximum Gasteiger partial charge on any atom is 0.573 e. The zero-order chi connectivity index (χ0) is 13.7. The summed E-state index contributed by atoms with van der Waals surface area (Å²) in [7, 11) is 0. The smallest absolute Gasteiger partial charge is 0.406 e. The lowest BCUT2D eigenvalue weighted by atomic mass is 10.2. The van der Waals surface area contributed by atoms with Crippen molar-refractivity contribution in [2.24, 2.45) is 0 Å². The first kappa shape index (κ1) is 13.4. The standard InChI is InChI=1S/C12H12F3N3O/c13-12(14,15)19-11-3-1-2-9(6-11)7-16-8-10-4-5-17-18-10/h1-6,16H,7-8H2,(H,17,18). The van der Waals surface area contributed by atoms with Crippen LogP contribution in [0.4, 0.5) is 13.2 Å². The zero-order valence-corrected chi connectivity index (χ0v) is 9.87. The van der Waals surface area contributed by atoms with Crippen molar-refractivity contribution in [3.63, 3.8) is 0 Å². The van der Waals surface area contributed by atoms with Crippen molar-refractivity contribution in [3.8, 4) is 5.75 Å². The second kappa shape index (κ2) is 5.75. The molecule has 0 saturated carbocycles. The molecule has 102 valence electrons. The van der Waals surface area contributed by atoms with E-state index >= 15 is 0 Å². The number of aromatic nitrogens is 2. The summed E-state index contributed by atoms with van der Waals surface area (Å²) in [6, 6.07) is 7.69. The predicted octanol–water partition coefficient (Wildman–Crippen LogP) is 2.60. The van der Waals surface area contributed by atoms with Crippen LogP contribution in [0.5, 0.6) is 5.75 Å². The molecule has 0 radical (unpaired) electrons. The Labute approximate surface area is 107 Å². The topological polar surface area (TPSA) is 49.9 Å². The molecule has 7 heteroatoms. The average Bonchev–Trinajstić information content (AvgIpc) is 2.80. The Hall–Kier alpha value is -2.02. The number of nitrogens with zero attached hydrogens (tertiary/aromatic N) is 1. The van der Waals surface area contributed by atoms with E-state index in [1.165, 1.54) is 18.2 Å². The number of nitrogens with one attached hydrogen (secondary N) is 2. The molecule has 2 rings (SSSR count). The molecule has 0 fully saturated rings. The third-order valence-electron chi connectivity index (χ3n) is 2.34. The van der Waals surface area contributed by atoms with Crippen LogP contribution in [-0.4, -0.2) is 16.6 Å². The molecular formula is C12H12F3N3O. The quantitative estimate of drug-likeness (QED) is 0.878. The van der Waals surface area contributed by atoms with Crippen molar-refractivity contribution < 1.29 is 17.9 Å². The number of aromatic amines is 1. The SMILES string of the molecule is FC(F)(F)Oc1cccc(CNCc2ccn[nH]2)c1. The number of H-pyrrole nitrogens is 1. The van der Waals surface area contributed by atoms with Crippen LogP contribution in [0.15, 0.2) is 36.5 Å². The molecule has 0 aliphatic heterocycles. The molecule has 0 spiro atoms. The van der Waals surface area contributed by atoms with Gasteiger partial charge < -0.3 is 10.1 Å². The Morgan fingerprint density at radius 2 is 2.05 bits per heavy atom. The average molecular weight is 271 g/mol. The van der Waals surface area contributed by atoms with Gasteiger partial charge in [-0.05, 0) is 23.8 Å². The van der Waals surface area contributed by atoms with Crippen molar-refractivity contribution in [2.45, 2.75) is 19.5 Å². The van der Waals surface area contributed by atoms with Crippen LogP contribution in [-0.2, 0) is 13.1 Å². The van der Waals surface area contributed by atoms with E-state index in [9.17, 15) is 13.2 Å². The molecule has 0 aliphatic rings. The van der Waals surface area contributed by atoms with Gasteiger partial charge in [0.15, 0.2) is 0 Å². The molecule has 2 N–H and O–H groups in total. The van der Waals surface area contributed by atoms with Gasteiger partial charge in [0.25, 0.3) is 0 Å². The molecule has 1 heterocycles. The highest BCUT2D eigenvalue weighted by molar-refractivity contribution is 5.28. The van der Waals surface area contributed by atoms with Crippen LogP contribution in [0, 0.1) is 0 Å². The Kier molecular flexibility index (Phi) is 4.06. The minimum atomic E-state index is -4.66. The van der Waals surface area contributed by atoms with Crippen LogP contribution < -0.4 is 10.1 Å². The number of benzene rings is 1. The molecule has 2 aromatic rings. The lowest BCUT2D eigenvalue weighted by Crippen LogP contribution is -2.17. The van der Waals surface area contributed by atoms with E-state index in [0.717, 1.165) is 5.69 Å². The summed E-state index contributed by atoms with van der Waals surface area (Å²) in [5, 5.41) is 9.66. The van der Waals surface area contributed by atoms with E-state index in [1.54, 1.807) is 12.3 Å². The van der Waals surface area contributed by atoms with Gasteiger partial charge in [-0.2, -0.15) is 5.10 Å². The van der Waals surface area contributed by atoms with Gasteiger partial charge in [-0.1, -0.05) is 12.1 Å². The maximum absolute atomic E-state index is 12.1. The monoisotopic (exact) mass is 271 g/mol. The predicted molar refractivity (Wildman–Crippen MR) is 62.3 cm³/mol. The van der Waals surface area contributed by atoms with Gasteiger partial charge >= 0.3 is 6.36 Å². The Balaban J connectivity index is 1.88. The highest BCUT2D eigenvalue weighted by Gasteiger charge is 2.31. The summed E-state index contributed by atoms with van der Waals surface area (Å²) < 4.78 is 40.0. The third kappa shape index (κ3) is 4.63. The first-order valence-corrected chi connectivity index (χ1v) is 5.56. The van der Waals surface area contributed by atoms with Crippen molar-refractivity contribution >= 4 is 0 Å². The normalized spacial score (nSPS) is 11.5. The summed E-state index contributed by atoms with van der Waals surface area (Å²) in [6.45, 7) is 0.998. The fraction of sp³-hybridized carbons (Fsp3) is 0.250. The molecular weight excluding hydrogens is 259 g/mol. The van der Waals surface area contributed by atoms with Crippen LogP contribution >= 0.6 is 0 Å². The van der Waals surface area contributed by atoms with E-state index < -0.39 is 6.36 Å². The number of ether oxygens (including phenoxy) is 1. The van der Waals surface area contributed by atoms with Crippen molar-refractivity contribution in [1.82, 2.24) is 15.5 Å². The van der Waals surface area contributed by atoms with Gasteiger partial charge in [0, 0.05) is 25.0 Å². The maximum atomic E-state index is 12.1. The van der Waals surface area contributed by atoms with E-state index in [2.05, 4.69) is 20.3 Å². The molecule has 0 aliphatic carbocycles. The van der Waals surface area contributed by atoms with Crippen LogP contribution in [0.25, 0.3) is 0 Å². The van der Waals surface area contributed by atoms with Gasteiger partial charge in [0.1, 0.15) is 5.75 Å². The number of halogens is 3. The van der Waals surface area contributed by atoms with Crippen LogP contribution in [0.3, 0.4) is 0 Å². The number of hydrogen-bond donors (Lipinski definition) is 2. The highest BCUT2D eigenvalue weighted by atomic mass is 19.4. The van der Waals surface area contributed by atoms with Crippen molar-refractivity contribution in [2.75, 3.05) is 0 Å². The summed E-state index contributed by atoms with van der Waals surface area (Å²) in [6.07, 6.45) is -3.03. The molecule has 4 nitrogen and oxygen atoms in total. The molecule has 1 aromatic carbocycles. The van der Waals surface area contributed by atoms with E-state index in [-0.39, 0.29) is 5.75 Å². The Bertz CT molecular complexity index is 511. The van der Waals surface area contributed by atoms with E-state index in [0.29, 0.717) is 18.7 Å². The van der Waals surface area contributed by atoms with Gasteiger partial charge in [0.05, 0.1) is 0 Å². The van der Waals surface area contributed by atoms with Crippen LogP contribution in [0.2, 0.25) is 0 Å². The van der Waals surface area contributed by atoms with Gasteiger partial charge in [0.2, 0.25) is 0 Å². The van der Waals surface area contributed by atoms with E-state index in [4.69, 9.17) is 0 Å². The molecule has 19 heavy (non-hydrogen) atoms. The van der Waals surface area contributed by atoms with Crippen LogP contribution in [0.1, 0.15) is 11.3 Å². The fourth-order valence-corrected chi connectivity index (χ4v) is 1.58. The number of rotatable bonds is 5. The summed E-state index contributed by atoms with van der Waals surface area (Å²) in [5.41, 5.74) is 1.61. The molecule has 0 bridgehead atoms. The molecule has 0 amide bonds. The lowest BCUT2D eigenvalue weighted by Gasteiger charge is -2.10. The fourth-order valence-electron chi connectivity index (χ4n) is 1.58. The minimum absolute atomic E-state index is 0.214. The zero-order valence-electron chi connectivity index (χ0n) is 9.87. The summed E-state index contributed by atoms with van der Waals surface area (Å²) in [4.78, 5) is 0. The van der Waals surface area contributed by atoms with Gasteiger partial charge in [-0.3, -0.25) is 5.10 Å². The highest BCUT2D eigenvalue weighted by Crippen LogP contribution is 2.23. The number of hydrogen-bond acceptors (Lipinski definition) is 3. The lowest BCUT2D eigenvalue weighted by molar-refractivity contribution is -0.274. The molecule has 0 saturated heterocycles.